The molecule has 2 aromatic rings. The predicted molar refractivity (Wildman–Crippen MR) is 118 cm³/mol. The van der Waals surface area contributed by atoms with Crippen molar-refractivity contribution in [2.75, 3.05) is 36.5 Å². The van der Waals surface area contributed by atoms with Gasteiger partial charge in [-0.05, 0) is 63.1 Å². The lowest BCUT2D eigenvalue weighted by Crippen LogP contribution is -2.60. The van der Waals surface area contributed by atoms with E-state index in [1.54, 1.807) is 18.7 Å². The fourth-order valence-corrected chi connectivity index (χ4v) is 4.80. The monoisotopic (exact) mass is 421 g/mol. The van der Waals surface area contributed by atoms with Crippen LogP contribution in [0.15, 0.2) is 42.5 Å². The fourth-order valence-electron chi connectivity index (χ4n) is 4.80. The number of ether oxygens (including phenoxy) is 2. The Kier molecular flexibility index (Phi) is 4.85. The lowest BCUT2D eigenvalue weighted by atomic mass is 9.96. The third kappa shape index (κ3) is 3.43. The van der Waals surface area contributed by atoms with E-state index in [0.29, 0.717) is 18.9 Å². The molecule has 0 saturated carbocycles. The number of nitrogens with one attached hydrogen (secondary N) is 1. The minimum atomic E-state index is -0.961. The number of amides is 2. The van der Waals surface area contributed by atoms with Gasteiger partial charge in [0.25, 0.3) is 0 Å². The van der Waals surface area contributed by atoms with Gasteiger partial charge in [-0.1, -0.05) is 18.2 Å². The Hall–Kier alpha value is -3.06. The second kappa shape index (κ2) is 7.57. The second-order valence-electron chi connectivity index (χ2n) is 8.79. The smallest absolute Gasteiger partial charge is 0.250 e. The Labute approximate surface area is 181 Å². The van der Waals surface area contributed by atoms with Crippen molar-refractivity contribution in [1.29, 1.82) is 0 Å². The summed E-state index contributed by atoms with van der Waals surface area (Å²) in [7, 11) is 0. The van der Waals surface area contributed by atoms with Gasteiger partial charge in [0.1, 0.15) is 18.8 Å². The number of hydrogen-bond donors (Lipinski definition) is 1. The van der Waals surface area contributed by atoms with Gasteiger partial charge in [0.05, 0.1) is 17.9 Å². The van der Waals surface area contributed by atoms with Crippen LogP contribution in [0.4, 0.5) is 11.4 Å². The number of carbonyl (C=O) groups is 2. The van der Waals surface area contributed by atoms with Crippen LogP contribution < -0.4 is 19.7 Å². The van der Waals surface area contributed by atoms with Crippen LogP contribution in [0.5, 0.6) is 11.5 Å². The average molecular weight is 421 g/mol. The topological polar surface area (TPSA) is 71.1 Å². The van der Waals surface area contributed by atoms with Crippen LogP contribution in [0.1, 0.15) is 38.3 Å². The number of carbonyl (C=O) groups excluding carboxylic acids is 2. The molecule has 0 bridgehead atoms. The molecule has 7 nitrogen and oxygen atoms in total. The molecule has 0 radical (unpaired) electrons. The molecule has 2 aromatic carbocycles. The Morgan fingerprint density at radius 1 is 1.13 bits per heavy atom. The van der Waals surface area contributed by atoms with Crippen LogP contribution in [0.25, 0.3) is 0 Å². The van der Waals surface area contributed by atoms with Crippen molar-refractivity contribution in [3.63, 3.8) is 0 Å². The quantitative estimate of drug-likeness (QED) is 0.823. The molecule has 2 amide bonds. The zero-order valence-corrected chi connectivity index (χ0v) is 17.9. The Bertz CT molecular complexity index is 1040. The maximum absolute atomic E-state index is 13.5. The van der Waals surface area contributed by atoms with Crippen molar-refractivity contribution >= 4 is 23.2 Å². The van der Waals surface area contributed by atoms with E-state index in [9.17, 15) is 9.59 Å². The molecule has 1 fully saturated rings. The van der Waals surface area contributed by atoms with E-state index in [-0.39, 0.29) is 24.4 Å². The van der Waals surface area contributed by atoms with Crippen LogP contribution in [0, 0.1) is 0 Å². The van der Waals surface area contributed by atoms with Gasteiger partial charge in [0.2, 0.25) is 11.8 Å². The molecular formula is C24H27N3O4. The average Bonchev–Trinajstić information content (AvgIpc) is 3.22. The SMILES string of the molecule is CC1(C)C(=O)Nc2ccccc2N1C(=O)CN1CCC[C@H]1c1ccc2c(c1)OCCO2. The summed E-state index contributed by atoms with van der Waals surface area (Å²) in [5.41, 5.74) is 1.58. The molecule has 0 unspecified atom stereocenters. The first-order valence-corrected chi connectivity index (χ1v) is 10.8. The minimum Gasteiger partial charge on any atom is -0.486 e. The van der Waals surface area contributed by atoms with Crippen LogP contribution >= 0.6 is 0 Å². The summed E-state index contributed by atoms with van der Waals surface area (Å²) in [4.78, 5) is 30.1. The predicted octanol–water partition coefficient (Wildman–Crippen LogP) is 3.36. The molecule has 3 aliphatic rings. The van der Waals surface area contributed by atoms with E-state index < -0.39 is 5.54 Å². The van der Waals surface area contributed by atoms with E-state index >= 15 is 0 Å². The van der Waals surface area contributed by atoms with Crippen LogP contribution in [0.2, 0.25) is 0 Å². The first kappa shape index (κ1) is 19.9. The summed E-state index contributed by atoms with van der Waals surface area (Å²) in [6, 6.07) is 13.7. The summed E-state index contributed by atoms with van der Waals surface area (Å²) in [6.45, 7) is 5.79. The van der Waals surface area contributed by atoms with Gasteiger partial charge in [-0.2, -0.15) is 0 Å². The highest BCUT2D eigenvalue weighted by molar-refractivity contribution is 6.14. The van der Waals surface area contributed by atoms with Gasteiger partial charge in [0, 0.05) is 6.04 Å². The number of para-hydroxylation sites is 2. The standard InChI is InChI=1S/C24H27N3O4/c1-24(2)23(29)25-17-6-3-4-7-19(17)27(24)22(28)15-26-11-5-8-18(26)16-9-10-20-21(14-16)31-13-12-30-20/h3-4,6-7,9-10,14,18H,5,8,11-13,15H2,1-2H3,(H,25,29)/t18-/m0/s1. The lowest BCUT2D eigenvalue weighted by Gasteiger charge is -2.43. The van der Waals surface area contributed by atoms with Gasteiger partial charge in [-0.25, -0.2) is 0 Å². The molecule has 0 aromatic heterocycles. The Morgan fingerprint density at radius 3 is 2.74 bits per heavy atom. The molecule has 7 heteroatoms. The Morgan fingerprint density at radius 2 is 1.90 bits per heavy atom. The number of fused-ring (bicyclic) bond motifs is 2. The van der Waals surface area contributed by atoms with Crippen LogP contribution in [-0.2, 0) is 9.59 Å². The molecule has 5 rings (SSSR count). The highest BCUT2D eigenvalue weighted by atomic mass is 16.6. The van der Waals surface area contributed by atoms with Gasteiger partial charge in [-0.15, -0.1) is 0 Å². The maximum Gasteiger partial charge on any atom is 0.250 e. The number of nitrogens with zero attached hydrogens (tertiary/aromatic N) is 2. The van der Waals surface area contributed by atoms with Crippen molar-refractivity contribution < 1.29 is 19.1 Å². The van der Waals surface area contributed by atoms with Crippen molar-refractivity contribution in [2.45, 2.75) is 38.3 Å². The zero-order chi connectivity index (χ0) is 21.6. The molecule has 31 heavy (non-hydrogen) atoms. The van der Waals surface area contributed by atoms with Crippen molar-refractivity contribution in [3.05, 3.63) is 48.0 Å². The van der Waals surface area contributed by atoms with E-state index in [1.807, 2.05) is 36.4 Å². The van der Waals surface area contributed by atoms with Crippen molar-refractivity contribution in [2.24, 2.45) is 0 Å². The number of benzene rings is 2. The molecule has 162 valence electrons. The summed E-state index contributed by atoms with van der Waals surface area (Å²) < 4.78 is 11.4. The van der Waals surface area contributed by atoms with Crippen LogP contribution in [0.3, 0.4) is 0 Å². The van der Waals surface area contributed by atoms with Gasteiger partial charge in [-0.3, -0.25) is 19.4 Å². The molecule has 1 N–H and O–H groups in total. The maximum atomic E-state index is 13.5. The lowest BCUT2D eigenvalue weighted by molar-refractivity contribution is -0.127. The van der Waals surface area contributed by atoms with Gasteiger partial charge < -0.3 is 14.8 Å². The van der Waals surface area contributed by atoms with Crippen molar-refractivity contribution in [3.8, 4) is 11.5 Å². The third-order valence-electron chi connectivity index (χ3n) is 6.41. The first-order valence-electron chi connectivity index (χ1n) is 10.8. The largest absolute Gasteiger partial charge is 0.486 e. The first-order chi connectivity index (χ1) is 14.9. The minimum absolute atomic E-state index is 0.0725. The molecule has 3 aliphatic heterocycles. The molecule has 0 spiro atoms. The van der Waals surface area contributed by atoms with E-state index in [1.165, 1.54) is 0 Å². The summed E-state index contributed by atoms with van der Waals surface area (Å²) in [5, 5.41) is 2.92. The van der Waals surface area contributed by atoms with E-state index in [0.717, 1.165) is 42.1 Å². The summed E-state index contributed by atoms with van der Waals surface area (Å²) in [6.07, 6.45) is 2.00. The van der Waals surface area contributed by atoms with Crippen molar-refractivity contribution in [1.82, 2.24) is 4.90 Å². The molecule has 1 atom stereocenters. The summed E-state index contributed by atoms with van der Waals surface area (Å²) >= 11 is 0. The third-order valence-corrected chi connectivity index (χ3v) is 6.41. The highest BCUT2D eigenvalue weighted by Crippen LogP contribution is 2.40. The van der Waals surface area contributed by atoms with E-state index in [4.69, 9.17) is 9.47 Å². The van der Waals surface area contributed by atoms with Crippen LogP contribution in [-0.4, -0.2) is 48.6 Å². The summed E-state index contributed by atoms with van der Waals surface area (Å²) in [5.74, 6) is 1.29. The number of rotatable bonds is 3. The highest BCUT2D eigenvalue weighted by Gasteiger charge is 2.44. The molecule has 1 saturated heterocycles. The normalized spacial score (nSPS) is 22.1. The van der Waals surface area contributed by atoms with Gasteiger partial charge in [0.15, 0.2) is 11.5 Å². The molecule has 3 heterocycles. The molecular weight excluding hydrogens is 394 g/mol. The van der Waals surface area contributed by atoms with E-state index in [2.05, 4.69) is 16.3 Å². The van der Waals surface area contributed by atoms with Gasteiger partial charge >= 0.3 is 0 Å². The second-order valence-corrected chi connectivity index (χ2v) is 8.79. The Balaban J connectivity index is 1.40. The fraction of sp³-hybridized carbons (Fsp3) is 0.417. The molecule has 0 aliphatic carbocycles. The number of hydrogen-bond acceptors (Lipinski definition) is 5. The number of anilines is 2. The number of likely N-dealkylation sites (tertiary alicyclic amines) is 1. The zero-order valence-electron chi connectivity index (χ0n) is 17.9.